The first-order valence-corrected chi connectivity index (χ1v) is 11.3. The van der Waals surface area contributed by atoms with E-state index >= 15 is 0 Å². The zero-order chi connectivity index (χ0) is 21.2. The van der Waals surface area contributed by atoms with E-state index in [1.165, 1.54) is 11.3 Å². The Morgan fingerprint density at radius 2 is 1.74 bits per heavy atom. The molecule has 7 heteroatoms. The minimum Gasteiger partial charge on any atom is -0.338 e. The van der Waals surface area contributed by atoms with Gasteiger partial charge in [0.05, 0.1) is 16.6 Å². The third-order valence-electron chi connectivity index (χ3n) is 5.67. The minimum atomic E-state index is -0.129. The van der Waals surface area contributed by atoms with Gasteiger partial charge in [-0.3, -0.25) is 9.59 Å². The topological polar surface area (TPSA) is 86.9 Å². The molecular formula is C24H22N4O2S. The standard InChI is InChI=1S/C24H22N4O2S/c29-23(16-3-1-2-4-16)25-18-7-5-15(6-8-18)22-27-20-10-9-19(13-21(20)28-22)26-24(30)17-11-12-31-14-17/h5-14,16H,1-4H2,(H,25,29)(H,26,30)(H,27,28). The lowest BCUT2D eigenvalue weighted by Gasteiger charge is -2.10. The van der Waals surface area contributed by atoms with Crippen molar-refractivity contribution in [3.05, 3.63) is 64.9 Å². The molecule has 1 aliphatic carbocycles. The number of nitrogens with zero attached hydrogens (tertiary/aromatic N) is 1. The van der Waals surface area contributed by atoms with Gasteiger partial charge in [0.2, 0.25) is 5.91 Å². The molecule has 31 heavy (non-hydrogen) atoms. The van der Waals surface area contributed by atoms with Gasteiger partial charge >= 0.3 is 0 Å². The predicted molar refractivity (Wildman–Crippen MR) is 124 cm³/mol. The molecule has 2 aromatic carbocycles. The van der Waals surface area contributed by atoms with Crippen molar-refractivity contribution >= 4 is 45.6 Å². The van der Waals surface area contributed by atoms with Gasteiger partial charge in [-0.2, -0.15) is 11.3 Å². The average molecular weight is 431 g/mol. The highest BCUT2D eigenvalue weighted by Crippen LogP contribution is 2.27. The summed E-state index contributed by atoms with van der Waals surface area (Å²) in [6, 6.07) is 15.1. The normalized spacial score (nSPS) is 14.1. The molecule has 0 saturated heterocycles. The molecule has 1 aliphatic rings. The Hall–Kier alpha value is -3.45. The van der Waals surface area contributed by atoms with Crippen molar-refractivity contribution in [3.8, 4) is 11.4 Å². The van der Waals surface area contributed by atoms with Gasteiger partial charge in [0.25, 0.3) is 5.91 Å². The molecule has 3 N–H and O–H groups in total. The van der Waals surface area contributed by atoms with Crippen LogP contribution < -0.4 is 10.6 Å². The molecule has 2 amide bonds. The lowest BCUT2D eigenvalue weighted by atomic mass is 10.1. The van der Waals surface area contributed by atoms with Gasteiger partial charge in [-0.1, -0.05) is 12.8 Å². The van der Waals surface area contributed by atoms with Crippen molar-refractivity contribution in [2.75, 3.05) is 10.6 Å². The van der Waals surface area contributed by atoms with E-state index in [9.17, 15) is 9.59 Å². The van der Waals surface area contributed by atoms with Crippen molar-refractivity contribution in [2.45, 2.75) is 25.7 Å². The SMILES string of the molecule is O=C(Nc1ccc2nc(-c3ccc(NC(=O)C4CCCC4)cc3)[nH]c2c1)c1ccsc1. The lowest BCUT2D eigenvalue weighted by Crippen LogP contribution is -2.20. The number of carbonyl (C=O) groups excluding carboxylic acids is 2. The number of fused-ring (bicyclic) bond motifs is 1. The van der Waals surface area contributed by atoms with Gasteiger partial charge in [0.15, 0.2) is 0 Å². The molecule has 2 aromatic heterocycles. The van der Waals surface area contributed by atoms with E-state index in [0.29, 0.717) is 11.3 Å². The van der Waals surface area contributed by atoms with Crippen LogP contribution in [0.25, 0.3) is 22.4 Å². The maximum absolute atomic E-state index is 12.3. The maximum Gasteiger partial charge on any atom is 0.256 e. The molecule has 0 atom stereocenters. The number of aromatic nitrogens is 2. The fourth-order valence-electron chi connectivity index (χ4n) is 3.96. The Morgan fingerprint density at radius 3 is 2.48 bits per heavy atom. The predicted octanol–water partition coefficient (Wildman–Crippen LogP) is 5.67. The third kappa shape index (κ3) is 4.22. The number of anilines is 2. The number of imidazole rings is 1. The number of rotatable bonds is 5. The first kappa shape index (κ1) is 19.5. The monoisotopic (exact) mass is 430 g/mol. The molecule has 0 aliphatic heterocycles. The van der Waals surface area contributed by atoms with Crippen LogP contribution in [0.1, 0.15) is 36.0 Å². The summed E-state index contributed by atoms with van der Waals surface area (Å²) in [5.74, 6) is 0.871. The van der Waals surface area contributed by atoms with Crippen molar-refractivity contribution < 1.29 is 9.59 Å². The number of H-pyrrole nitrogens is 1. The van der Waals surface area contributed by atoms with Gasteiger partial charge in [-0.05, 0) is 66.8 Å². The van der Waals surface area contributed by atoms with Crippen LogP contribution in [0.15, 0.2) is 59.3 Å². The minimum absolute atomic E-state index is 0.117. The van der Waals surface area contributed by atoms with Crippen LogP contribution in [0.5, 0.6) is 0 Å². The van der Waals surface area contributed by atoms with E-state index in [0.717, 1.165) is 53.8 Å². The molecule has 5 rings (SSSR count). The van der Waals surface area contributed by atoms with Crippen LogP contribution in [0, 0.1) is 5.92 Å². The van der Waals surface area contributed by atoms with Crippen molar-refractivity contribution in [2.24, 2.45) is 5.92 Å². The van der Waals surface area contributed by atoms with E-state index in [1.54, 1.807) is 6.07 Å². The van der Waals surface area contributed by atoms with Crippen molar-refractivity contribution in [3.63, 3.8) is 0 Å². The first-order valence-electron chi connectivity index (χ1n) is 10.4. The number of nitrogens with one attached hydrogen (secondary N) is 3. The summed E-state index contributed by atoms with van der Waals surface area (Å²) in [5, 5.41) is 9.63. The van der Waals surface area contributed by atoms with Crippen LogP contribution in [0.3, 0.4) is 0 Å². The fourth-order valence-corrected chi connectivity index (χ4v) is 4.60. The number of hydrogen-bond donors (Lipinski definition) is 3. The van der Waals surface area contributed by atoms with Crippen molar-refractivity contribution in [1.82, 2.24) is 9.97 Å². The van der Waals surface area contributed by atoms with Gasteiger partial charge in [-0.25, -0.2) is 4.98 Å². The lowest BCUT2D eigenvalue weighted by molar-refractivity contribution is -0.119. The number of hydrogen-bond acceptors (Lipinski definition) is 4. The second-order valence-electron chi connectivity index (χ2n) is 7.83. The Labute approximate surface area is 183 Å². The van der Waals surface area contributed by atoms with Crippen LogP contribution in [0.2, 0.25) is 0 Å². The highest BCUT2D eigenvalue weighted by atomic mass is 32.1. The number of aromatic amines is 1. The Balaban J connectivity index is 1.30. The summed E-state index contributed by atoms with van der Waals surface area (Å²) >= 11 is 1.49. The fraction of sp³-hybridized carbons (Fsp3) is 0.208. The van der Waals surface area contributed by atoms with Crippen LogP contribution in [-0.4, -0.2) is 21.8 Å². The number of carbonyl (C=O) groups is 2. The second-order valence-corrected chi connectivity index (χ2v) is 8.61. The highest BCUT2D eigenvalue weighted by Gasteiger charge is 2.22. The van der Waals surface area contributed by atoms with Gasteiger partial charge in [-0.15, -0.1) is 0 Å². The molecule has 0 radical (unpaired) electrons. The number of amides is 2. The van der Waals surface area contributed by atoms with E-state index < -0.39 is 0 Å². The molecule has 6 nitrogen and oxygen atoms in total. The summed E-state index contributed by atoms with van der Waals surface area (Å²) in [4.78, 5) is 32.6. The van der Waals surface area contributed by atoms with Gasteiger partial charge in [0.1, 0.15) is 5.82 Å². The Morgan fingerprint density at radius 1 is 0.968 bits per heavy atom. The molecule has 0 bridgehead atoms. The highest BCUT2D eigenvalue weighted by molar-refractivity contribution is 7.08. The van der Waals surface area contributed by atoms with E-state index in [1.807, 2.05) is 53.2 Å². The molecule has 0 unspecified atom stereocenters. The molecule has 4 aromatic rings. The number of thiophene rings is 1. The Bertz CT molecular complexity index is 1220. The molecule has 0 spiro atoms. The zero-order valence-corrected chi connectivity index (χ0v) is 17.7. The number of benzene rings is 2. The summed E-state index contributed by atoms with van der Waals surface area (Å²) in [6.45, 7) is 0. The summed E-state index contributed by atoms with van der Waals surface area (Å²) in [5.41, 5.74) is 4.76. The third-order valence-corrected chi connectivity index (χ3v) is 6.36. The van der Waals surface area contributed by atoms with E-state index in [4.69, 9.17) is 0 Å². The first-order chi connectivity index (χ1) is 15.2. The van der Waals surface area contributed by atoms with E-state index in [2.05, 4.69) is 20.6 Å². The molecule has 156 valence electrons. The molecular weight excluding hydrogens is 408 g/mol. The quantitative estimate of drug-likeness (QED) is 0.381. The van der Waals surface area contributed by atoms with Gasteiger partial charge in [0, 0.05) is 28.2 Å². The maximum atomic E-state index is 12.3. The molecule has 1 fully saturated rings. The molecule has 2 heterocycles. The average Bonchev–Trinajstić information content (AvgIpc) is 3.55. The smallest absolute Gasteiger partial charge is 0.256 e. The van der Waals surface area contributed by atoms with Gasteiger partial charge < -0.3 is 15.6 Å². The summed E-state index contributed by atoms with van der Waals surface area (Å²) in [7, 11) is 0. The second kappa shape index (κ2) is 8.35. The summed E-state index contributed by atoms with van der Waals surface area (Å²) in [6.07, 6.45) is 4.25. The van der Waals surface area contributed by atoms with Crippen LogP contribution in [-0.2, 0) is 4.79 Å². The largest absolute Gasteiger partial charge is 0.338 e. The Kier molecular flexibility index (Phi) is 5.26. The zero-order valence-electron chi connectivity index (χ0n) is 16.9. The summed E-state index contributed by atoms with van der Waals surface area (Å²) < 4.78 is 0. The van der Waals surface area contributed by atoms with Crippen molar-refractivity contribution in [1.29, 1.82) is 0 Å². The van der Waals surface area contributed by atoms with Crippen LogP contribution in [0.4, 0.5) is 11.4 Å². The van der Waals surface area contributed by atoms with Crippen LogP contribution >= 0.6 is 11.3 Å². The van der Waals surface area contributed by atoms with E-state index in [-0.39, 0.29) is 17.7 Å². The molecule has 1 saturated carbocycles.